The number of ether oxygens (including phenoxy) is 1. The van der Waals surface area contributed by atoms with Gasteiger partial charge in [-0.25, -0.2) is 4.79 Å². The largest absolute Gasteiger partial charge is 0.497 e. The third-order valence-electron chi connectivity index (χ3n) is 4.60. The number of carbonyl (C=O) groups is 3. The Morgan fingerprint density at radius 2 is 1.90 bits per heavy atom. The van der Waals surface area contributed by atoms with Crippen LogP contribution in [0.5, 0.6) is 5.75 Å². The zero-order valence-electron chi connectivity index (χ0n) is 16.2. The van der Waals surface area contributed by atoms with Gasteiger partial charge in [0.25, 0.3) is 5.91 Å². The molecule has 2 N–H and O–H groups in total. The SMILES string of the molecule is COc1cccc(C(=O)N2CCN(CC(=O)NC(=O)NCc3ccco3)CC2)c1. The maximum Gasteiger partial charge on any atom is 0.321 e. The molecule has 0 bridgehead atoms. The molecule has 0 unspecified atom stereocenters. The van der Waals surface area contributed by atoms with E-state index in [2.05, 4.69) is 10.6 Å². The van der Waals surface area contributed by atoms with Gasteiger partial charge in [-0.2, -0.15) is 0 Å². The standard InChI is InChI=1S/C20H24N4O5/c1-28-16-5-2-4-15(12-16)19(26)24-9-7-23(8-10-24)14-18(25)22-20(27)21-13-17-6-3-11-29-17/h2-6,11-12H,7-10,13-14H2,1H3,(H2,21,22,25,27). The molecule has 0 aliphatic carbocycles. The number of carbonyl (C=O) groups excluding carboxylic acids is 3. The van der Waals surface area contributed by atoms with E-state index in [-0.39, 0.29) is 19.0 Å². The summed E-state index contributed by atoms with van der Waals surface area (Å²) in [6, 6.07) is 9.92. The third-order valence-corrected chi connectivity index (χ3v) is 4.60. The van der Waals surface area contributed by atoms with Crippen molar-refractivity contribution in [2.75, 3.05) is 39.8 Å². The van der Waals surface area contributed by atoms with Crippen LogP contribution in [0.4, 0.5) is 4.79 Å². The molecule has 2 heterocycles. The summed E-state index contributed by atoms with van der Waals surface area (Å²) in [6.07, 6.45) is 1.51. The Labute approximate surface area is 168 Å². The molecule has 3 rings (SSSR count). The first-order valence-electron chi connectivity index (χ1n) is 9.31. The summed E-state index contributed by atoms with van der Waals surface area (Å²) in [5, 5.41) is 4.85. The molecule has 1 aliphatic heterocycles. The van der Waals surface area contributed by atoms with Crippen LogP contribution in [0.1, 0.15) is 16.1 Å². The molecule has 1 aromatic heterocycles. The first-order chi connectivity index (χ1) is 14.0. The van der Waals surface area contributed by atoms with Crippen LogP contribution >= 0.6 is 0 Å². The van der Waals surface area contributed by atoms with Crippen molar-refractivity contribution in [2.45, 2.75) is 6.54 Å². The van der Waals surface area contributed by atoms with E-state index in [1.54, 1.807) is 48.4 Å². The van der Waals surface area contributed by atoms with Crippen LogP contribution in [0.2, 0.25) is 0 Å². The second-order valence-electron chi connectivity index (χ2n) is 6.61. The minimum Gasteiger partial charge on any atom is -0.497 e. The Balaban J connectivity index is 1.40. The van der Waals surface area contributed by atoms with Crippen LogP contribution in [-0.4, -0.2) is 67.5 Å². The van der Waals surface area contributed by atoms with Gasteiger partial charge in [-0.15, -0.1) is 0 Å². The lowest BCUT2D eigenvalue weighted by Gasteiger charge is -2.34. The molecule has 4 amide bonds. The molecule has 9 nitrogen and oxygen atoms in total. The lowest BCUT2D eigenvalue weighted by Crippen LogP contribution is -2.52. The number of benzene rings is 1. The van der Waals surface area contributed by atoms with E-state index in [4.69, 9.17) is 9.15 Å². The summed E-state index contributed by atoms with van der Waals surface area (Å²) in [4.78, 5) is 40.1. The van der Waals surface area contributed by atoms with Crippen molar-refractivity contribution in [3.05, 3.63) is 54.0 Å². The van der Waals surface area contributed by atoms with Crippen molar-refractivity contribution in [3.63, 3.8) is 0 Å². The van der Waals surface area contributed by atoms with E-state index in [9.17, 15) is 14.4 Å². The van der Waals surface area contributed by atoms with Gasteiger partial charge < -0.3 is 19.4 Å². The summed E-state index contributed by atoms with van der Waals surface area (Å²) in [7, 11) is 1.56. The molecule has 29 heavy (non-hydrogen) atoms. The Bertz CT molecular complexity index is 844. The second kappa shape index (κ2) is 9.74. The molecular formula is C20H24N4O5. The van der Waals surface area contributed by atoms with E-state index in [1.807, 2.05) is 4.90 Å². The fraction of sp³-hybridized carbons (Fsp3) is 0.350. The molecule has 1 saturated heterocycles. The highest BCUT2D eigenvalue weighted by molar-refractivity contribution is 5.95. The Morgan fingerprint density at radius 3 is 2.59 bits per heavy atom. The quantitative estimate of drug-likeness (QED) is 0.752. The molecule has 154 valence electrons. The van der Waals surface area contributed by atoms with Crippen LogP contribution in [0.15, 0.2) is 47.1 Å². The summed E-state index contributed by atoms with van der Waals surface area (Å²) in [5.74, 6) is 0.778. The highest BCUT2D eigenvalue weighted by Gasteiger charge is 2.24. The number of hydrogen-bond donors (Lipinski definition) is 2. The molecule has 9 heteroatoms. The normalized spacial score (nSPS) is 14.3. The summed E-state index contributed by atoms with van der Waals surface area (Å²) in [6.45, 7) is 2.42. The van der Waals surface area contributed by atoms with Gasteiger partial charge in [0.15, 0.2) is 0 Å². The number of methoxy groups -OCH3 is 1. The summed E-state index contributed by atoms with van der Waals surface area (Å²) < 4.78 is 10.3. The van der Waals surface area contributed by atoms with Crippen LogP contribution in [0.3, 0.4) is 0 Å². The maximum atomic E-state index is 12.6. The van der Waals surface area contributed by atoms with Gasteiger partial charge in [0, 0.05) is 31.7 Å². The van der Waals surface area contributed by atoms with Gasteiger partial charge in [-0.1, -0.05) is 6.07 Å². The van der Waals surface area contributed by atoms with Crippen molar-refractivity contribution in [1.82, 2.24) is 20.4 Å². The van der Waals surface area contributed by atoms with Crippen molar-refractivity contribution in [2.24, 2.45) is 0 Å². The minimum absolute atomic E-state index is 0.0645. The van der Waals surface area contributed by atoms with Gasteiger partial charge >= 0.3 is 6.03 Å². The summed E-state index contributed by atoms with van der Waals surface area (Å²) in [5.41, 5.74) is 0.573. The van der Waals surface area contributed by atoms with Gasteiger partial charge in [0.1, 0.15) is 11.5 Å². The van der Waals surface area contributed by atoms with Gasteiger partial charge in [0.05, 0.1) is 26.5 Å². The fourth-order valence-electron chi connectivity index (χ4n) is 3.04. The van der Waals surface area contributed by atoms with E-state index in [1.165, 1.54) is 6.26 Å². The molecule has 1 aromatic carbocycles. The van der Waals surface area contributed by atoms with Crippen LogP contribution in [0.25, 0.3) is 0 Å². The number of nitrogens with zero attached hydrogens (tertiary/aromatic N) is 2. The average molecular weight is 400 g/mol. The Kier molecular flexibility index (Phi) is 6.85. The van der Waals surface area contributed by atoms with E-state index >= 15 is 0 Å². The van der Waals surface area contributed by atoms with Crippen molar-refractivity contribution >= 4 is 17.8 Å². The predicted molar refractivity (Wildman–Crippen MR) is 104 cm³/mol. The number of nitrogens with one attached hydrogen (secondary N) is 2. The molecule has 0 radical (unpaired) electrons. The summed E-state index contributed by atoms with van der Waals surface area (Å²) >= 11 is 0. The molecule has 1 aliphatic rings. The highest BCUT2D eigenvalue weighted by Crippen LogP contribution is 2.15. The maximum absolute atomic E-state index is 12.6. The van der Waals surface area contributed by atoms with Crippen molar-refractivity contribution < 1.29 is 23.5 Å². The van der Waals surface area contributed by atoms with Gasteiger partial charge in [-0.05, 0) is 30.3 Å². The average Bonchev–Trinajstić information content (AvgIpc) is 3.26. The Morgan fingerprint density at radius 1 is 1.10 bits per heavy atom. The molecule has 0 spiro atoms. The predicted octanol–water partition coefficient (Wildman–Crippen LogP) is 1.07. The number of rotatable bonds is 6. The third kappa shape index (κ3) is 5.82. The lowest BCUT2D eigenvalue weighted by molar-refractivity contribution is -0.121. The number of amides is 4. The molecule has 1 fully saturated rings. The van der Waals surface area contributed by atoms with Gasteiger partial charge in [-0.3, -0.25) is 19.8 Å². The molecule has 0 atom stereocenters. The van der Waals surface area contributed by atoms with E-state index in [0.29, 0.717) is 43.3 Å². The second-order valence-corrected chi connectivity index (χ2v) is 6.61. The van der Waals surface area contributed by atoms with Crippen molar-refractivity contribution in [1.29, 1.82) is 0 Å². The van der Waals surface area contributed by atoms with E-state index < -0.39 is 11.9 Å². The smallest absolute Gasteiger partial charge is 0.321 e. The van der Waals surface area contributed by atoms with E-state index in [0.717, 1.165) is 0 Å². The molecule has 2 aromatic rings. The number of furan rings is 1. The zero-order valence-corrected chi connectivity index (χ0v) is 16.2. The first kappa shape index (κ1) is 20.4. The first-order valence-corrected chi connectivity index (χ1v) is 9.31. The molecule has 0 saturated carbocycles. The zero-order chi connectivity index (χ0) is 20.6. The fourth-order valence-corrected chi connectivity index (χ4v) is 3.04. The number of imide groups is 1. The number of piperazine rings is 1. The molecular weight excluding hydrogens is 376 g/mol. The monoisotopic (exact) mass is 400 g/mol. The van der Waals surface area contributed by atoms with Crippen molar-refractivity contribution in [3.8, 4) is 5.75 Å². The number of urea groups is 1. The Hall–Kier alpha value is -3.33. The number of hydrogen-bond acceptors (Lipinski definition) is 6. The van der Waals surface area contributed by atoms with Crippen LogP contribution < -0.4 is 15.4 Å². The lowest BCUT2D eigenvalue weighted by atomic mass is 10.1. The van der Waals surface area contributed by atoms with Crippen LogP contribution in [0, 0.1) is 0 Å². The van der Waals surface area contributed by atoms with Crippen LogP contribution in [-0.2, 0) is 11.3 Å². The van der Waals surface area contributed by atoms with Gasteiger partial charge in [0.2, 0.25) is 5.91 Å². The highest BCUT2D eigenvalue weighted by atomic mass is 16.5. The minimum atomic E-state index is -0.571. The topological polar surface area (TPSA) is 104 Å².